The van der Waals surface area contributed by atoms with Crippen molar-refractivity contribution < 1.29 is 23.8 Å². The minimum atomic E-state index is -0.407. The fourth-order valence-corrected chi connectivity index (χ4v) is 2.57. The van der Waals surface area contributed by atoms with Gasteiger partial charge >= 0.3 is 5.97 Å². The zero-order chi connectivity index (χ0) is 21.2. The Balaban J connectivity index is 1.95. The highest BCUT2D eigenvalue weighted by atomic mass is 32.1. The van der Waals surface area contributed by atoms with Crippen molar-refractivity contribution >= 4 is 34.9 Å². The summed E-state index contributed by atoms with van der Waals surface area (Å²) in [5, 5.41) is 5.62. The highest BCUT2D eigenvalue weighted by Gasteiger charge is 2.12. The van der Waals surface area contributed by atoms with E-state index < -0.39 is 5.91 Å². The molecule has 0 saturated carbocycles. The number of hydrogen-bond acceptors (Lipinski definition) is 6. The molecule has 0 spiro atoms. The smallest absolute Gasteiger partial charge is 0.338 e. The molecule has 0 unspecified atom stereocenters. The zero-order valence-electron chi connectivity index (χ0n) is 16.6. The second-order valence-electron chi connectivity index (χ2n) is 6.08. The number of esters is 1. The second kappa shape index (κ2) is 11.0. The summed E-state index contributed by atoms with van der Waals surface area (Å²) < 4.78 is 15.5. The van der Waals surface area contributed by atoms with Crippen LogP contribution in [-0.2, 0) is 4.74 Å². The number of unbranched alkanes of at least 4 members (excludes halogenated alkanes) is 1. The molecule has 0 aliphatic rings. The van der Waals surface area contributed by atoms with Crippen LogP contribution < -0.4 is 20.1 Å². The summed E-state index contributed by atoms with van der Waals surface area (Å²) >= 11 is 5.19. The molecule has 29 heavy (non-hydrogen) atoms. The van der Waals surface area contributed by atoms with Crippen LogP contribution in [0.15, 0.2) is 42.5 Å². The van der Waals surface area contributed by atoms with Crippen molar-refractivity contribution in [1.82, 2.24) is 5.32 Å². The Morgan fingerprint density at radius 3 is 2.14 bits per heavy atom. The Morgan fingerprint density at radius 1 is 0.966 bits per heavy atom. The van der Waals surface area contributed by atoms with Crippen LogP contribution in [0, 0.1) is 0 Å². The van der Waals surface area contributed by atoms with Gasteiger partial charge in [0.15, 0.2) is 5.11 Å². The summed E-state index contributed by atoms with van der Waals surface area (Å²) in [5.74, 6) is 0.216. The standard InChI is InChI=1S/C21H24N2O5S/c1-4-5-10-28-20(25)14-6-8-16(9-7-14)22-21(29)23-19(24)15-11-17(26-2)13-18(12-15)27-3/h6-9,11-13H,4-5,10H2,1-3H3,(H2,22,23,24,29). The first-order chi connectivity index (χ1) is 14.0. The summed E-state index contributed by atoms with van der Waals surface area (Å²) in [6.45, 7) is 2.43. The van der Waals surface area contributed by atoms with Gasteiger partial charge in [-0.25, -0.2) is 4.79 Å². The van der Waals surface area contributed by atoms with E-state index in [1.807, 2.05) is 6.92 Å². The molecule has 0 saturated heterocycles. The molecule has 0 bridgehead atoms. The van der Waals surface area contributed by atoms with E-state index in [2.05, 4.69) is 10.6 Å². The van der Waals surface area contributed by atoms with Crippen LogP contribution in [0.4, 0.5) is 5.69 Å². The van der Waals surface area contributed by atoms with Crippen LogP contribution in [0.25, 0.3) is 0 Å². The van der Waals surface area contributed by atoms with E-state index in [9.17, 15) is 9.59 Å². The van der Waals surface area contributed by atoms with E-state index in [-0.39, 0.29) is 11.1 Å². The average molecular weight is 416 g/mol. The van der Waals surface area contributed by atoms with Gasteiger partial charge in [0.25, 0.3) is 5.91 Å². The van der Waals surface area contributed by atoms with E-state index in [1.54, 1.807) is 42.5 Å². The van der Waals surface area contributed by atoms with Gasteiger partial charge < -0.3 is 19.5 Å². The number of thiocarbonyl (C=S) groups is 1. The summed E-state index contributed by atoms with van der Waals surface area (Å²) in [7, 11) is 3.01. The van der Waals surface area contributed by atoms with Crippen molar-refractivity contribution in [3.8, 4) is 11.5 Å². The Kier molecular flexibility index (Phi) is 8.42. The third-order valence-electron chi connectivity index (χ3n) is 3.95. The molecule has 0 atom stereocenters. The van der Waals surface area contributed by atoms with Gasteiger partial charge in [0.1, 0.15) is 11.5 Å². The number of nitrogens with one attached hydrogen (secondary N) is 2. The van der Waals surface area contributed by atoms with Crippen molar-refractivity contribution in [2.45, 2.75) is 19.8 Å². The van der Waals surface area contributed by atoms with E-state index in [1.165, 1.54) is 14.2 Å². The highest BCUT2D eigenvalue weighted by Crippen LogP contribution is 2.22. The maximum atomic E-state index is 12.4. The maximum absolute atomic E-state index is 12.4. The Morgan fingerprint density at radius 2 is 1.59 bits per heavy atom. The zero-order valence-corrected chi connectivity index (χ0v) is 17.4. The molecule has 8 heteroatoms. The molecule has 2 N–H and O–H groups in total. The molecule has 0 aliphatic carbocycles. The van der Waals surface area contributed by atoms with Crippen LogP contribution in [0.1, 0.15) is 40.5 Å². The maximum Gasteiger partial charge on any atom is 0.338 e. The number of anilines is 1. The molecule has 2 aromatic rings. The van der Waals surface area contributed by atoms with Crippen molar-refractivity contribution in [1.29, 1.82) is 0 Å². The van der Waals surface area contributed by atoms with Crippen LogP contribution in [0.3, 0.4) is 0 Å². The van der Waals surface area contributed by atoms with Gasteiger partial charge in [-0.1, -0.05) is 13.3 Å². The number of hydrogen-bond donors (Lipinski definition) is 2. The van der Waals surface area contributed by atoms with Crippen molar-refractivity contribution in [2.75, 3.05) is 26.1 Å². The molecule has 1 amide bonds. The minimum Gasteiger partial charge on any atom is -0.497 e. The lowest BCUT2D eigenvalue weighted by atomic mass is 10.2. The van der Waals surface area contributed by atoms with Gasteiger partial charge in [-0.15, -0.1) is 0 Å². The van der Waals surface area contributed by atoms with Gasteiger partial charge in [0, 0.05) is 17.3 Å². The molecule has 0 radical (unpaired) electrons. The van der Waals surface area contributed by atoms with Crippen LogP contribution in [-0.4, -0.2) is 37.8 Å². The molecule has 0 heterocycles. The first kappa shape index (κ1) is 22.2. The molecule has 0 aliphatic heterocycles. The van der Waals surface area contributed by atoms with E-state index >= 15 is 0 Å². The second-order valence-corrected chi connectivity index (χ2v) is 6.48. The third kappa shape index (κ3) is 6.76. The molecule has 7 nitrogen and oxygen atoms in total. The molecular weight excluding hydrogens is 392 g/mol. The predicted molar refractivity (Wildman–Crippen MR) is 115 cm³/mol. The number of amides is 1. The average Bonchev–Trinajstić information content (AvgIpc) is 2.73. The number of methoxy groups -OCH3 is 2. The largest absolute Gasteiger partial charge is 0.497 e. The van der Waals surface area contributed by atoms with E-state index in [4.69, 9.17) is 26.4 Å². The quantitative estimate of drug-likeness (QED) is 0.385. The molecule has 2 rings (SSSR count). The number of carbonyl (C=O) groups excluding carboxylic acids is 2. The molecule has 2 aromatic carbocycles. The highest BCUT2D eigenvalue weighted by molar-refractivity contribution is 7.80. The monoisotopic (exact) mass is 416 g/mol. The molecule has 0 aromatic heterocycles. The van der Waals surface area contributed by atoms with Gasteiger partial charge in [0.2, 0.25) is 0 Å². The topological polar surface area (TPSA) is 85.9 Å². The van der Waals surface area contributed by atoms with Gasteiger partial charge in [0.05, 0.1) is 26.4 Å². The third-order valence-corrected chi connectivity index (χ3v) is 4.15. The SMILES string of the molecule is CCCCOC(=O)c1ccc(NC(=S)NC(=O)c2cc(OC)cc(OC)c2)cc1. The summed E-state index contributed by atoms with van der Waals surface area (Å²) in [5.41, 5.74) is 1.42. The first-order valence-corrected chi connectivity index (χ1v) is 9.50. The molecule has 0 fully saturated rings. The summed E-state index contributed by atoms with van der Waals surface area (Å²) in [4.78, 5) is 24.4. The number of benzene rings is 2. The lowest BCUT2D eigenvalue weighted by Crippen LogP contribution is -2.34. The minimum absolute atomic E-state index is 0.120. The number of ether oxygens (including phenoxy) is 3. The Hall–Kier alpha value is -3.13. The summed E-state index contributed by atoms with van der Waals surface area (Å²) in [6, 6.07) is 11.5. The Bertz CT molecular complexity index is 846. The normalized spacial score (nSPS) is 10.0. The van der Waals surface area contributed by atoms with E-state index in [0.717, 1.165) is 12.8 Å². The van der Waals surface area contributed by atoms with Crippen LogP contribution in [0.2, 0.25) is 0 Å². The molecule has 154 valence electrons. The predicted octanol–water partition coefficient (Wildman–Crippen LogP) is 3.79. The van der Waals surface area contributed by atoms with E-state index in [0.29, 0.717) is 34.9 Å². The van der Waals surface area contributed by atoms with Crippen LogP contribution >= 0.6 is 12.2 Å². The Labute approximate surface area is 175 Å². The van der Waals surface area contributed by atoms with Gasteiger partial charge in [-0.05, 0) is 55.0 Å². The summed E-state index contributed by atoms with van der Waals surface area (Å²) in [6.07, 6.45) is 1.79. The van der Waals surface area contributed by atoms with Crippen molar-refractivity contribution in [3.05, 3.63) is 53.6 Å². The van der Waals surface area contributed by atoms with Crippen molar-refractivity contribution in [2.24, 2.45) is 0 Å². The lowest BCUT2D eigenvalue weighted by Gasteiger charge is -2.12. The number of rotatable bonds is 8. The fraction of sp³-hybridized carbons (Fsp3) is 0.286. The number of carbonyl (C=O) groups is 2. The van der Waals surface area contributed by atoms with Crippen molar-refractivity contribution in [3.63, 3.8) is 0 Å². The molecular formula is C21H24N2O5S. The first-order valence-electron chi connectivity index (χ1n) is 9.09. The van der Waals surface area contributed by atoms with Gasteiger partial charge in [-0.3, -0.25) is 10.1 Å². The lowest BCUT2D eigenvalue weighted by molar-refractivity contribution is 0.0499. The fourth-order valence-electron chi connectivity index (χ4n) is 2.36. The van der Waals surface area contributed by atoms with Gasteiger partial charge in [-0.2, -0.15) is 0 Å². The van der Waals surface area contributed by atoms with Crippen LogP contribution in [0.5, 0.6) is 11.5 Å².